The maximum atomic E-state index is 11.0. The van der Waals surface area contributed by atoms with Crippen LogP contribution < -0.4 is 16.8 Å². The predicted molar refractivity (Wildman–Crippen MR) is 53.9 cm³/mol. The summed E-state index contributed by atoms with van der Waals surface area (Å²) in [4.78, 5) is 21.4. The number of hydrogen-bond acceptors (Lipinski definition) is 4. The Labute approximate surface area is 88.3 Å². The summed E-state index contributed by atoms with van der Waals surface area (Å²) in [5.41, 5.74) is 10.6. The van der Waals surface area contributed by atoms with Crippen molar-refractivity contribution < 1.29 is 14.3 Å². The summed E-state index contributed by atoms with van der Waals surface area (Å²) in [7, 11) is 0. The topological polar surface area (TPSA) is 107 Å². The zero-order chi connectivity index (χ0) is 11.3. The molecule has 2 atom stereocenters. The van der Waals surface area contributed by atoms with Crippen molar-refractivity contribution in [2.24, 2.45) is 11.5 Å². The standard InChI is InChI=1S/C9H17N3O3/c10-6-3-1-2-4-7(6)15-5-8(13)12-9(11)14/h6-7H,1-5,10H2,(H3,11,12,13,14). The molecule has 2 unspecified atom stereocenters. The van der Waals surface area contributed by atoms with Gasteiger partial charge < -0.3 is 16.2 Å². The Morgan fingerprint density at radius 2 is 2.00 bits per heavy atom. The van der Waals surface area contributed by atoms with Crippen LogP contribution in [0.25, 0.3) is 0 Å². The zero-order valence-electron chi connectivity index (χ0n) is 8.57. The van der Waals surface area contributed by atoms with Crippen LogP contribution in [0, 0.1) is 0 Å². The Morgan fingerprint density at radius 1 is 1.33 bits per heavy atom. The summed E-state index contributed by atoms with van der Waals surface area (Å²) in [6, 6.07) is -0.878. The molecular formula is C9H17N3O3. The predicted octanol–water partition coefficient (Wildman–Crippen LogP) is -0.532. The Kier molecular flexibility index (Phi) is 4.51. The number of ether oxygens (including phenoxy) is 1. The highest BCUT2D eigenvalue weighted by molar-refractivity contribution is 5.94. The molecule has 0 aliphatic heterocycles. The van der Waals surface area contributed by atoms with Gasteiger partial charge in [-0.05, 0) is 12.8 Å². The van der Waals surface area contributed by atoms with Gasteiger partial charge in [-0.1, -0.05) is 12.8 Å². The largest absolute Gasteiger partial charge is 0.367 e. The fourth-order valence-corrected chi connectivity index (χ4v) is 1.69. The molecule has 1 saturated carbocycles. The number of amides is 3. The third-order valence-corrected chi connectivity index (χ3v) is 2.44. The van der Waals surface area contributed by atoms with Crippen LogP contribution in [0.2, 0.25) is 0 Å². The first kappa shape index (κ1) is 11.9. The fourth-order valence-electron chi connectivity index (χ4n) is 1.69. The first-order chi connectivity index (χ1) is 7.09. The molecule has 15 heavy (non-hydrogen) atoms. The molecule has 0 aromatic carbocycles. The number of hydrogen-bond donors (Lipinski definition) is 3. The van der Waals surface area contributed by atoms with E-state index in [-0.39, 0.29) is 18.8 Å². The maximum absolute atomic E-state index is 11.0. The molecule has 0 aromatic heterocycles. The summed E-state index contributed by atoms with van der Waals surface area (Å²) in [6.45, 7) is -0.165. The number of carbonyl (C=O) groups excluding carboxylic acids is 2. The lowest BCUT2D eigenvalue weighted by Gasteiger charge is -2.28. The lowest BCUT2D eigenvalue weighted by atomic mass is 9.93. The van der Waals surface area contributed by atoms with Crippen LogP contribution in [-0.2, 0) is 9.53 Å². The Bertz CT molecular complexity index is 245. The minimum Gasteiger partial charge on any atom is -0.367 e. The molecule has 6 nitrogen and oxygen atoms in total. The van der Waals surface area contributed by atoms with E-state index in [4.69, 9.17) is 16.2 Å². The molecule has 0 aromatic rings. The zero-order valence-corrected chi connectivity index (χ0v) is 8.57. The van der Waals surface area contributed by atoms with Crippen molar-refractivity contribution in [1.82, 2.24) is 5.32 Å². The Morgan fingerprint density at radius 3 is 2.60 bits per heavy atom. The summed E-state index contributed by atoms with van der Waals surface area (Å²) < 4.78 is 5.31. The summed E-state index contributed by atoms with van der Waals surface area (Å²) in [6.07, 6.45) is 3.87. The van der Waals surface area contributed by atoms with Gasteiger partial charge in [0, 0.05) is 6.04 Å². The summed E-state index contributed by atoms with van der Waals surface area (Å²) in [5, 5.41) is 1.93. The van der Waals surface area contributed by atoms with E-state index in [0.29, 0.717) is 0 Å². The third kappa shape index (κ3) is 4.26. The fraction of sp³-hybridized carbons (Fsp3) is 0.778. The second kappa shape index (κ2) is 5.67. The maximum Gasteiger partial charge on any atom is 0.318 e. The highest BCUT2D eigenvalue weighted by atomic mass is 16.5. The number of urea groups is 1. The molecule has 0 bridgehead atoms. The Balaban J connectivity index is 2.23. The average molecular weight is 215 g/mol. The molecule has 6 heteroatoms. The average Bonchev–Trinajstić information content (AvgIpc) is 2.15. The molecule has 3 amide bonds. The van der Waals surface area contributed by atoms with Gasteiger partial charge in [0.1, 0.15) is 6.61 Å². The second-order valence-corrected chi connectivity index (χ2v) is 3.71. The number of carbonyl (C=O) groups is 2. The molecule has 1 aliphatic carbocycles. The Hall–Kier alpha value is -1.14. The van der Waals surface area contributed by atoms with Crippen LogP contribution in [0.5, 0.6) is 0 Å². The second-order valence-electron chi connectivity index (χ2n) is 3.71. The van der Waals surface area contributed by atoms with E-state index in [1.165, 1.54) is 0 Å². The quantitative estimate of drug-likeness (QED) is 0.588. The van der Waals surface area contributed by atoms with Crippen molar-refractivity contribution in [2.75, 3.05) is 6.61 Å². The highest BCUT2D eigenvalue weighted by Gasteiger charge is 2.23. The molecule has 86 valence electrons. The van der Waals surface area contributed by atoms with E-state index in [9.17, 15) is 9.59 Å². The first-order valence-electron chi connectivity index (χ1n) is 5.06. The summed E-state index contributed by atoms with van der Waals surface area (Å²) in [5.74, 6) is -0.528. The van der Waals surface area contributed by atoms with Gasteiger partial charge in [0.25, 0.3) is 5.91 Å². The minimum atomic E-state index is -0.864. The molecule has 1 rings (SSSR count). The van der Waals surface area contributed by atoms with E-state index in [2.05, 4.69) is 0 Å². The van der Waals surface area contributed by atoms with Crippen LogP contribution in [0.4, 0.5) is 4.79 Å². The molecule has 0 saturated heterocycles. The molecule has 1 aliphatic rings. The first-order valence-corrected chi connectivity index (χ1v) is 5.06. The van der Waals surface area contributed by atoms with E-state index >= 15 is 0 Å². The minimum absolute atomic E-state index is 0.0138. The van der Waals surface area contributed by atoms with Gasteiger partial charge >= 0.3 is 6.03 Å². The lowest BCUT2D eigenvalue weighted by molar-refractivity contribution is -0.127. The van der Waals surface area contributed by atoms with Gasteiger partial charge in [-0.15, -0.1) is 0 Å². The van der Waals surface area contributed by atoms with Gasteiger partial charge in [-0.2, -0.15) is 0 Å². The van der Waals surface area contributed by atoms with Crippen LogP contribution in [0.15, 0.2) is 0 Å². The van der Waals surface area contributed by atoms with Gasteiger partial charge in [0.2, 0.25) is 0 Å². The number of rotatable bonds is 3. The van der Waals surface area contributed by atoms with E-state index < -0.39 is 11.9 Å². The van der Waals surface area contributed by atoms with Crippen molar-refractivity contribution in [3.05, 3.63) is 0 Å². The molecule has 5 N–H and O–H groups in total. The van der Waals surface area contributed by atoms with Gasteiger partial charge in [0.15, 0.2) is 0 Å². The molecule has 0 radical (unpaired) electrons. The third-order valence-electron chi connectivity index (χ3n) is 2.44. The number of nitrogens with one attached hydrogen (secondary N) is 1. The van der Waals surface area contributed by atoms with Gasteiger partial charge in [-0.3, -0.25) is 10.1 Å². The highest BCUT2D eigenvalue weighted by Crippen LogP contribution is 2.19. The van der Waals surface area contributed by atoms with Crippen LogP contribution >= 0.6 is 0 Å². The van der Waals surface area contributed by atoms with E-state index in [0.717, 1.165) is 25.7 Å². The van der Waals surface area contributed by atoms with Gasteiger partial charge in [0.05, 0.1) is 6.10 Å². The summed E-state index contributed by atoms with van der Waals surface area (Å²) >= 11 is 0. The van der Waals surface area contributed by atoms with Crippen molar-refractivity contribution in [3.63, 3.8) is 0 Å². The molecule has 1 fully saturated rings. The monoisotopic (exact) mass is 215 g/mol. The van der Waals surface area contributed by atoms with Crippen LogP contribution in [-0.4, -0.2) is 30.7 Å². The molecule has 0 spiro atoms. The van der Waals surface area contributed by atoms with E-state index in [1.54, 1.807) is 0 Å². The van der Waals surface area contributed by atoms with Crippen LogP contribution in [0.1, 0.15) is 25.7 Å². The van der Waals surface area contributed by atoms with Crippen molar-refractivity contribution in [3.8, 4) is 0 Å². The van der Waals surface area contributed by atoms with Crippen molar-refractivity contribution in [1.29, 1.82) is 0 Å². The lowest BCUT2D eigenvalue weighted by Crippen LogP contribution is -2.43. The number of imide groups is 1. The number of nitrogens with two attached hydrogens (primary N) is 2. The normalized spacial score (nSPS) is 25.9. The molecular weight excluding hydrogens is 198 g/mol. The smallest absolute Gasteiger partial charge is 0.318 e. The number of primary amides is 1. The SMILES string of the molecule is NC(=O)NC(=O)COC1CCCCC1N. The van der Waals surface area contributed by atoms with E-state index in [1.807, 2.05) is 5.32 Å². The van der Waals surface area contributed by atoms with Gasteiger partial charge in [-0.25, -0.2) is 4.79 Å². The van der Waals surface area contributed by atoms with Crippen LogP contribution in [0.3, 0.4) is 0 Å². The molecule has 0 heterocycles. The van der Waals surface area contributed by atoms with Crippen molar-refractivity contribution >= 4 is 11.9 Å². The van der Waals surface area contributed by atoms with Crippen molar-refractivity contribution in [2.45, 2.75) is 37.8 Å².